The Balaban J connectivity index is 2.00. The summed E-state index contributed by atoms with van der Waals surface area (Å²) in [6, 6.07) is 5.49. The highest BCUT2D eigenvalue weighted by Gasteiger charge is 2.19. The van der Waals surface area contributed by atoms with Crippen molar-refractivity contribution in [1.29, 1.82) is 5.26 Å². The zero-order valence-corrected chi connectivity index (χ0v) is 10.5. The lowest BCUT2D eigenvalue weighted by molar-refractivity contribution is -0.128. The summed E-state index contributed by atoms with van der Waals surface area (Å²) in [5.74, 6) is 0.144. The van der Waals surface area contributed by atoms with E-state index in [-0.39, 0.29) is 5.91 Å². The summed E-state index contributed by atoms with van der Waals surface area (Å²) in [6.07, 6.45) is 3.79. The van der Waals surface area contributed by atoms with Gasteiger partial charge < -0.3 is 9.80 Å². The minimum Gasteiger partial charge on any atom is -0.365 e. The van der Waals surface area contributed by atoms with Gasteiger partial charge in [0.25, 0.3) is 0 Å². The minimum absolute atomic E-state index is 0.144. The predicted octanol–water partition coefficient (Wildman–Crippen LogP) is 1.01. The second-order valence-corrected chi connectivity index (χ2v) is 4.46. The molecular weight excluding hydrogens is 228 g/mol. The Morgan fingerprint density at radius 1 is 1.56 bits per heavy atom. The third kappa shape index (κ3) is 2.77. The van der Waals surface area contributed by atoms with Crippen LogP contribution >= 0.6 is 0 Å². The molecule has 0 N–H and O–H groups in total. The van der Waals surface area contributed by atoms with Gasteiger partial charge in [0.1, 0.15) is 11.8 Å². The van der Waals surface area contributed by atoms with Crippen molar-refractivity contribution < 1.29 is 4.79 Å². The number of likely N-dealkylation sites (N-methyl/N-ethyl adjacent to an activating group) is 1. The Bertz CT molecular complexity index is 474. The van der Waals surface area contributed by atoms with Crippen LogP contribution in [-0.4, -0.2) is 42.5 Å². The van der Waals surface area contributed by atoms with Gasteiger partial charge in [0.15, 0.2) is 0 Å². The van der Waals surface area contributed by atoms with E-state index in [1.807, 2.05) is 22.9 Å². The predicted molar refractivity (Wildman–Crippen MR) is 68.0 cm³/mol. The number of pyridine rings is 1. The third-order valence-corrected chi connectivity index (χ3v) is 3.13. The molecule has 1 aliphatic heterocycles. The molecule has 5 heteroatoms. The van der Waals surface area contributed by atoms with Gasteiger partial charge in [-0.3, -0.25) is 4.79 Å². The van der Waals surface area contributed by atoms with Crippen LogP contribution < -0.4 is 4.90 Å². The average molecular weight is 244 g/mol. The number of carbonyl (C=O) groups excluding carboxylic acids is 1. The van der Waals surface area contributed by atoms with Crippen molar-refractivity contribution in [3.05, 3.63) is 24.0 Å². The van der Waals surface area contributed by atoms with Crippen molar-refractivity contribution in [2.24, 2.45) is 0 Å². The monoisotopic (exact) mass is 244 g/mol. The van der Waals surface area contributed by atoms with Crippen molar-refractivity contribution in [2.75, 3.05) is 31.6 Å². The molecule has 0 saturated carbocycles. The smallest absolute Gasteiger partial charge is 0.242 e. The second kappa shape index (κ2) is 5.50. The molecule has 0 atom stereocenters. The summed E-state index contributed by atoms with van der Waals surface area (Å²) in [5, 5.41) is 8.79. The van der Waals surface area contributed by atoms with Crippen LogP contribution in [0.2, 0.25) is 0 Å². The number of aromatic nitrogens is 1. The molecule has 1 fully saturated rings. The molecule has 0 bridgehead atoms. The molecule has 0 aliphatic carbocycles. The normalized spacial score (nSPS) is 14.3. The van der Waals surface area contributed by atoms with E-state index in [0.29, 0.717) is 12.2 Å². The number of anilines is 1. The molecular formula is C13H16N4O. The first-order valence-corrected chi connectivity index (χ1v) is 6.06. The van der Waals surface area contributed by atoms with E-state index in [1.54, 1.807) is 18.3 Å². The van der Waals surface area contributed by atoms with Crippen LogP contribution in [0.5, 0.6) is 0 Å². The lowest BCUT2D eigenvalue weighted by Gasteiger charge is -2.22. The van der Waals surface area contributed by atoms with Gasteiger partial charge in [0.2, 0.25) is 5.91 Å². The molecule has 0 radical (unpaired) electrons. The van der Waals surface area contributed by atoms with Gasteiger partial charge in [0.05, 0.1) is 6.54 Å². The van der Waals surface area contributed by atoms with E-state index in [0.717, 1.165) is 31.6 Å². The molecule has 0 unspecified atom stereocenters. The molecule has 2 heterocycles. The number of hydrogen-bond donors (Lipinski definition) is 0. The molecule has 1 amide bonds. The second-order valence-electron chi connectivity index (χ2n) is 4.46. The summed E-state index contributed by atoms with van der Waals surface area (Å²) in [6.45, 7) is 2.08. The summed E-state index contributed by atoms with van der Waals surface area (Å²) in [5.41, 5.74) is 1.21. The first kappa shape index (κ1) is 12.4. The van der Waals surface area contributed by atoms with Gasteiger partial charge in [-0.15, -0.1) is 0 Å². The minimum atomic E-state index is 0.144. The highest BCUT2D eigenvalue weighted by Crippen LogP contribution is 2.14. The van der Waals surface area contributed by atoms with Gasteiger partial charge in [-0.2, -0.15) is 5.26 Å². The van der Waals surface area contributed by atoms with E-state index < -0.39 is 0 Å². The van der Waals surface area contributed by atoms with Gasteiger partial charge >= 0.3 is 0 Å². The molecule has 0 spiro atoms. The summed E-state index contributed by atoms with van der Waals surface area (Å²) >= 11 is 0. The fourth-order valence-electron chi connectivity index (χ4n) is 2.08. The van der Waals surface area contributed by atoms with Gasteiger partial charge in [-0.1, -0.05) is 0 Å². The van der Waals surface area contributed by atoms with E-state index in [1.165, 1.54) is 0 Å². The van der Waals surface area contributed by atoms with Gasteiger partial charge in [-0.05, 0) is 25.0 Å². The fraction of sp³-hybridized carbons (Fsp3) is 0.462. The topological polar surface area (TPSA) is 60.2 Å². The maximum absolute atomic E-state index is 12.0. The molecule has 1 saturated heterocycles. The molecule has 2 rings (SSSR count). The highest BCUT2D eigenvalue weighted by atomic mass is 16.2. The van der Waals surface area contributed by atoms with Crippen LogP contribution in [0, 0.1) is 11.3 Å². The number of carbonyl (C=O) groups is 1. The van der Waals surface area contributed by atoms with Crippen LogP contribution in [0.15, 0.2) is 18.3 Å². The lowest BCUT2D eigenvalue weighted by Crippen LogP contribution is -2.37. The SMILES string of the molecule is CN(CC(=O)N1CCCC1)c1ccnc(C#N)c1. The summed E-state index contributed by atoms with van der Waals surface area (Å²) in [7, 11) is 1.85. The van der Waals surface area contributed by atoms with E-state index in [9.17, 15) is 4.79 Å². The van der Waals surface area contributed by atoms with Crippen molar-refractivity contribution >= 4 is 11.6 Å². The molecule has 1 aromatic rings. The van der Waals surface area contributed by atoms with Crippen molar-refractivity contribution in [1.82, 2.24) is 9.88 Å². The highest BCUT2D eigenvalue weighted by molar-refractivity contribution is 5.81. The quantitative estimate of drug-likeness (QED) is 0.796. The van der Waals surface area contributed by atoms with Crippen molar-refractivity contribution in [2.45, 2.75) is 12.8 Å². The molecule has 18 heavy (non-hydrogen) atoms. The van der Waals surface area contributed by atoms with E-state index in [2.05, 4.69) is 4.98 Å². The van der Waals surface area contributed by atoms with Gasteiger partial charge in [-0.25, -0.2) is 4.98 Å². The van der Waals surface area contributed by atoms with Crippen LogP contribution in [0.3, 0.4) is 0 Å². The Labute approximate surface area is 107 Å². The molecule has 5 nitrogen and oxygen atoms in total. The van der Waals surface area contributed by atoms with Crippen LogP contribution in [0.25, 0.3) is 0 Å². The standard InChI is InChI=1S/C13H16N4O/c1-16(10-13(18)17-6-2-3-7-17)12-4-5-15-11(8-12)9-14/h4-5,8H,2-3,6-7,10H2,1H3. The average Bonchev–Trinajstić information content (AvgIpc) is 2.92. The first-order valence-electron chi connectivity index (χ1n) is 6.06. The van der Waals surface area contributed by atoms with E-state index in [4.69, 9.17) is 5.26 Å². The summed E-state index contributed by atoms with van der Waals surface area (Å²) < 4.78 is 0. The number of amides is 1. The number of rotatable bonds is 3. The molecule has 0 aromatic carbocycles. The molecule has 94 valence electrons. The molecule has 1 aromatic heterocycles. The van der Waals surface area contributed by atoms with E-state index >= 15 is 0 Å². The Morgan fingerprint density at radius 3 is 2.94 bits per heavy atom. The summed E-state index contributed by atoms with van der Waals surface area (Å²) in [4.78, 5) is 19.6. The lowest BCUT2D eigenvalue weighted by atomic mass is 10.3. The van der Waals surface area contributed by atoms with Crippen molar-refractivity contribution in [3.63, 3.8) is 0 Å². The molecule has 1 aliphatic rings. The van der Waals surface area contributed by atoms with Crippen LogP contribution in [0.1, 0.15) is 18.5 Å². The largest absolute Gasteiger partial charge is 0.365 e. The first-order chi connectivity index (χ1) is 8.70. The zero-order valence-electron chi connectivity index (χ0n) is 10.5. The number of likely N-dealkylation sites (tertiary alicyclic amines) is 1. The van der Waals surface area contributed by atoms with Crippen LogP contribution in [0.4, 0.5) is 5.69 Å². The fourth-order valence-corrected chi connectivity index (χ4v) is 2.08. The Kier molecular flexibility index (Phi) is 3.78. The zero-order chi connectivity index (χ0) is 13.0. The Morgan fingerprint density at radius 2 is 2.28 bits per heavy atom. The number of nitrogens with zero attached hydrogens (tertiary/aromatic N) is 4. The Hall–Kier alpha value is -2.09. The maximum atomic E-state index is 12.0. The number of nitriles is 1. The van der Waals surface area contributed by atoms with Crippen molar-refractivity contribution in [3.8, 4) is 6.07 Å². The number of hydrogen-bond acceptors (Lipinski definition) is 4. The maximum Gasteiger partial charge on any atom is 0.242 e. The van der Waals surface area contributed by atoms with Gasteiger partial charge in [0, 0.05) is 32.0 Å². The van der Waals surface area contributed by atoms with Crippen LogP contribution in [-0.2, 0) is 4.79 Å². The third-order valence-electron chi connectivity index (χ3n) is 3.13.